The topological polar surface area (TPSA) is 0 Å². The van der Waals surface area contributed by atoms with Gasteiger partial charge in [0.25, 0.3) is 0 Å². The minimum Gasteiger partial charge on any atom is -0.0785 e. The first-order valence-corrected chi connectivity index (χ1v) is 12.8. The molecule has 0 aliphatic heterocycles. The van der Waals surface area contributed by atoms with E-state index < -0.39 is 15.8 Å². The molecule has 0 heterocycles. The van der Waals surface area contributed by atoms with Crippen molar-refractivity contribution in [2.75, 3.05) is 6.16 Å². The minimum atomic E-state index is -0.490. The molecule has 29 heavy (non-hydrogen) atoms. The highest BCUT2D eigenvalue weighted by Gasteiger charge is 2.13. The normalized spacial score (nSPS) is 11.4. The number of allylic oxidation sites excluding steroid dienone is 1. The Bertz CT molecular complexity index is 934. The Labute approximate surface area is 176 Å². The van der Waals surface area contributed by atoms with E-state index in [-0.39, 0.29) is 0 Å². The standard InChI is InChI=1S/C27H24P2/c1-5-14-24(15-6-1)28(25-16-7-2-8-17-25)22-13-23-29(26-18-9-3-10-19-26)27-20-11-4-12-21-27/h1-22H,23H2. The van der Waals surface area contributed by atoms with Crippen LogP contribution in [0.5, 0.6) is 0 Å². The molecule has 4 aromatic carbocycles. The number of benzene rings is 4. The van der Waals surface area contributed by atoms with Crippen molar-refractivity contribution in [1.82, 2.24) is 0 Å². The molecular weight excluding hydrogens is 386 g/mol. The van der Waals surface area contributed by atoms with Crippen molar-refractivity contribution in [2.45, 2.75) is 0 Å². The van der Waals surface area contributed by atoms with Crippen LogP contribution in [-0.2, 0) is 0 Å². The lowest BCUT2D eigenvalue weighted by Crippen LogP contribution is -2.13. The van der Waals surface area contributed by atoms with Gasteiger partial charge in [-0.3, -0.25) is 0 Å². The van der Waals surface area contributed by atoms with Gasteiger partial charge in [-0.15, -0.1) is 0 Å². The Balaban J connectivity index is 1.62. The first-order valence-electron chi connectivity index (χ1n) is 9.85. The summed E-state index contributed by atoms with van der Waals surface area (Å²) in [5.41, 5.74) is 0. The van der Waals surface area contributed by atoms with E-state index in [2.05, 4.69) is 133 Å². The van der Waals surface area contributed by atoms with Gasteiger partial charge in [-0.1, -0.05) is 133 Å². The third-order valence-electron chi connectivity index (χ3n) is 4.75. The van der Waals surface area contributed by atoms with Crippen molar-refractivity contribution < 1.29 is 0 Å². The summed E-state index contributed by atoms with van der Waals surface area (Å²) in [5, 5.41) is 5.66. The van der Waals surface area contributed by atoms with Gasteiger partial charge < -0.3 is 0 Å². The van der Waals surface area contributed by atoms with Crippen LogP contribution in [0.1, 0.15) is 0 Å². The Morgan fingerprint density at radius 1 is 0.448 bits per heavy atom. The van der Waals surface area contributed by atoms with Crippen molar-refractivity contribution in [1.29, 1.82) is 0 Å². The zero-order valence-corrected chi connectivity index (χ0v) is 18.1. The number of hydrogen-bond acceptors (Lipinski definition) is 0. The fourth-order valence-electron chi connectivity index (χ4n) is 3.33. The lowest BCUT2D eigenvalue weighted by molar-refractivity contribution is 1.70. The Kier molecular flexibility index (Phi) is 7.03. The summed E-state index contributed by atoms with van der Waals surface area (Å²) in [6.07, 6.45) is 3.47. The fourth-order valence-corrected chi connectivity index (χ4v) is 7.54. The molecule has 0 radical (unpaired) electrons. The molecule has 0 aliphatic carbocycles. The zero-order chi connectivity index (χ0) is 19.7. The van der Waals surface area contributed by atoms with Crippen LogP contribution in [0, 0.1) is 0 Å². The van der Waals surface area contributed by atoms with E-state index in [4.69, 9.17) is 0 Å². The lowest BCUT2D eigenvalue weighted by Gasteiger charge is -2.18. The van der Waals surface area contributed by atoms with Crippen LogP contribution < -0.4 is 21.2 Å². The van der Waals surface area contributed by atoms with E-state index in [1.165, 1.54) is 21.2 Å². The summed E-state index contributed by atoms with van der Waals surface area (Å²) in [6, 6.07) is 43.6. The molecule has 0 nitrogen and oxygen atoms in total. The molecular formula is C27H24P2. The molecule has 0 saturated carbocycles. The average molecular weight is 410 g/mol. The van der Waals surface area contributed by atoms with Crippen molar-refractivity contribution in [2.24, 2.45) is 0 Å². The summed E-state index contributed by atoms with van der Waals surface area (Å²) in [4.78, 5) is 0. The highest BCUT2D eigenvalue weighted by atomic mass is 31.1. The van der Waals surface area contributed by atoms with Gasteiger partial charge in [0.05, 0.1) is 0 Å². The number of hydrogen-bond donors (Lipinski definition) is 0. The summed E-state index contributed by atoms with van der Waals surface area (Å²) in [5.74, 6) is 2.45. The highest BCUT2D eigenvalue weighted by molar-refractivity contribution is 7.76. The van der Waals surface area contributed by atoms with Crippen LogP contribution >= 0.6 is 15.8 Å². The van der Waals surface area contributed by atoms with Gasteiger partial charge in [-0.25, -0.2) is 0 Å². The highest BCUT2D eigenvalue weighted by Crippen LogP contribution is 2.38. The van der Waals surface area contributed by atoms with Gasteiger partial charge in [-0.05, 0) is 43.2 Å². The van der Waals surface area contributed by atoms with E-state index >= 15 is 0 Å². The molecule has 0 aliphatic rings. The number of rotatable bonds is 7. The maximum absolute atomic E-state index is 2.45. The van der Waals surface area contributed by atoms with E-state index in [1.807, 2.05) is 0 Å². The average Bonchev–Trinajstić information content (AvgIpc) is 2.81. The van der Waals surface area contributed by atoms with Crippen LogP contribution in [0.15, 0.2) is 133 Å². The predicted octanol–water partition coefficient (Wildman–Crippen LogP) is 5.77. The third kappa shape index (κ3) is 5.30. The van der Waals surface area contributed by atoms with Gasteiger partial charge >= 0.3 is 0 Å². The molecule has 0 N–H and O–H groups in total. The first-order chi connectivity index (χ1) is 14.4. The van der Waals surface area contributed by atoms with Gasteiger partial charge in [0, 0.05) is 0 Å². The Morgan fingerprint density at radius 3 is 1.17 bits per heavy atom. The third-order valence-corrected chi connectivity index (χ3v) is 9.38. The lowest BCUT2D eigenvalue weighted by atomic mass is 10.4. The molecule has 2 heteroatoms. The molecule has 4 aromatic rings. The summed E-state index contributed by atoms with van der Waals surface area (Å²) < 4.78 is 0. The van der Waals surface area contributed by atoms with Gasteiger partial charge in [-0.2, -0.15) is 0 Å². The molecule has 0 bridgehead atoms. The van der Waals surface area contributed by atoms with Gasteiger partial charge in [0.2, 0.25) is 0 Å². The first kappa shape index (κ1) is 19.8. The zero-order valence-electron chi connectivity index (χ0n) is 16.3. The van der Waals surface area contributed by atoms with Gasteiger partial charge in [0.15, 0.2) is 0 Å². The minimum absolute atomic E-state index is 0.396. The van der Waals surface area contributed by atoms with Crippen molar-refractivity contribution in [3.05, 3.63) is 133 Å². The predicted molar refractivity (Wildman–Crippen MR) is 132 cm³/mol. The molecule has 4 rings (SSSR count). The van der Waals surface area contributed by atoms with Crippen LogP contribution in [0.2, 0.25) is 0 Å². The molecule has 142 valence electrons. The molecule has 0 amide bonds. The van der Waals surface area contributed by atoms with E-state index in [0.717, 1.165) is 6.16 Å². The van der Waals surface area contributed by atoms with E-state index in [0.29, 0.717) is 0 Å². The summed E-state index contributed by atoms with van der Waals surface area (Å²) in [7, 11) is -0.885. The van der Waals surface area contributed by atoms with E-state index in [9.17, 15) is 0 Å². The smallest absolute Gasteiger partial charge is 0.00605 e. The monoisotopic (exact) mass is 410 g/mol. The fraction of sp³-hybridized carbons (Fsp3) is 0.0370. The van der Waals surface area contributed by atoms with Crippen LogP contribution in [0.25, 0.3) is 0 Å². The van der Waals surface area contributed by atoms with Crippen LogP contribution in [0.4, 0.5) is 0 Å². The molecule has 0 spiro atoms. The SMILES string of the molecule is C(=CP(c1ccccc1)c1ccccc1)CP(c1ccccc1)c1ccccc1. The van der Waals surface area contributed by atoms with Crippen molar-refractivity contribution in [3.63, 3.8) is 0 Å². The maximum Gasteiger partial charge on any atom is -0.00605 e. The van der Waals surface area contributed by atoms with Crippen LogP contribution in [0.3, 0.4) is 0 Å². The Hall–Kier alpha value is -2.52. The largest absolute Gasteiger partial charge is 0.0785 e. The summed E-state index contributed by atoms with van der Waals surface area (Å²) in [6.45, 7) is 0. The molecule has 0 atom stereocenters. The molecule has 0 fully saturated rings. The van der Waals surface area contributed by atoms with Crippen molar-refractivity contribution >= 4 is 37.1 Å². The second-order valence-electron chi connectivity index (χ2n) is 6.71. The molecule has 0 unspecified atom stereocenters. The summed E-state index contributed by atoms with van der Waals surface area (Å²) >= 11 is 0. The van der Waals surface area contributed by atoms with Crippen LogP contribution in [-0.4, -0.2) is 6.16 Å². The molecule has 0 aromatic heterocycles. The quantitative estimate of drug-likeness (QED) is 0.340. The Morgan fingerprint density at radius 2 is 0.793 bits per heavy atom. The second-order valence-corrected chi connectivity index (χ2v) is 11.0. The van der Waals surface area contributed by atoms with Crippen molar-refractivity contribution in [3.8, 4) is 0 Å². The second kappa shape index (κ2) is 10.3. The van der Waals surface area contributed by atoms with E-state index in [1.54, 1.807) is 0 Å². The molecule has 0 saturated heterocycles. The van der Waals surface area contributed by atoms with Gasteiger partial charge in [0.1, 0.15) is 0 Å². The maximum atomic E-state index is 2.45.